The van der Waals surface area contributed by atoms with Gasteiger partial charge in [0.25, 0.3) is 0 Å². The van der Waals surface area contributed by atoms with E-state index in [0.29, 0.717) is 28.9 Å². The first kappa shape index (κ1) is 33.5. The minimum absolute atomic E-state index is 0.0857. The number of halogens is 3. The highest BCUT2D eigenvalue weighted by molar-refractivity contribution is 7.90. The number of ether oxygens (including phenoxy) is 2. The molecule has 0 amide bonds. The molecule has 1 saturated heterocycles. The van der Waals surface area contributed by atoms with Gasteiger partial charge in [0.15, 0.2) is 9.84 Å². The number of piperidine rings is 1. The van der Waals surface area contributed by atoms with Crippen LogP contribution in [0.1, 0.15) is 19.0 Å². The zero-order valence-electron chi connectivity index (χ0n) is 25.2. The van der Waals surface area contributed by atoms with E-state index in [0.717, 1.165) is 31.5 Å². The number of methoxy groups -OCH3 is 2. The van der Waals surface area contributed by atoms with Gasteiger partial charge in [-0.25, -0.2) is 8.42 Å². The van der Waals surface area contributed by atoms with Crippen LogP contribution >= 0.6 is 0 Å². The van der Waals surface area contributed by atoms with Crippen LogP contribution < -0.4 is 15.4 Å². The van der Waals surface area contributed by atoms with Crippen molar-refractivity contribution >= 4 is 32.1 Å². The van der Waals surface area contributed by atoms with Gasteiger partial charge >= 0.3 is 6.18 Å². The molecule has 2 heterocycles. The lowest BCUT2D eigenvalue weighted by Crippen LogP contribution is -2.48. The largest absolute Gasteiger partial charge is 0.495 e. The van der Waals surface area contributed by atoms with Crippen LogP contribution in [0.25, 0.3) is 10.9 Å². The van der Waals surface area contributed by atoms with Gasteiger partial charge in [-0.05, 0) is 48.6 Å². The van der Waals surface area contributed by atoms with E-state index < -0.39 is 28.7 Å². The van der Waals surface area contributed by atoms with Crippen LogP contribution in [0.15, 0.2) is 47.4 Å². The van der Waals surface area contributed by atoms with Crippen LogP contribution in [0.3, 0.4) is 0 Å². The summed E-state index contributed by atoms with van der Waals surface area (Å²) in [4.78, 5) is 2.30. The maximum absolute atomic E-state index is 13.7. The molecule has 2 aromatic carbocycles. The molecular formula is C31H39F3N4O5S. The number of aromatic nitrogens is 1. The number of likely N-dealkylation sites (tertiary alicyclic amines) is 1. The number of aliphatic hydroxyl groups is 1. The molecule has 9 nitrogen and oxygen atoms in total. The first-order valence-corrected chi connectivity index (χ1v) is 16.1. The van der Waals surface area contributed by atoms with Crippen molar-refractivity contribution in [3.05, 3.63) is 48.2 Å². The van der Waals surface area contributed by atoms with Crippen molar-refractivity contribution in [2.24, 2.45) is 5.92 Å². The van der Waals surface area contributed by atoms with Gasteiger partial charge in [0.05, 0.1) is 48.2 Å². The Bertz CT molecular complexity index is 1610. The fraction of sp³-hybridized carbons (Fsp3) is 0.484. The molecule has 1 aliphatic rings. The fourth-order valence-electron chi connectivity index (χ4n) is 5.54. The van der Waals surface area contributed by atoms with Gasteiger partial charge in [0.1, 0.15) is 12.3 Å². The smallest absolute Gasteiger partial charge is 0.406 e. The maximum atomic E-state index is 13.7. The Labute approximate surface area is 256 Å². The first-order chi connectivity index (χ1) is 20.8. The number of nitrogens with zero attached hydrogens (tertiary/aromatic N) is 2. The van der Waals surface area contributed by atoms with Gasteiger partial charge in [-0.3, -0.25) is 0 Å². The Balaban J connectivity index is 1.54. The molecule has 240 valence electrons. The second-order valence-electron chi connectivity index (χ2n) is 11.1. The van der Waals surface area contributed by atoms with E-state index in [9.17, 15) is 26.7 Å². The highest BCUT2D eigenvalue weighted by Crippen LogP contribution is 2.32. The van der Waals surface area contributed by atoms with Crippen LogP contribution in [0.5, 0.6) is 5.75 Å². The quantitative estimate of drug-likeness (QED) is 0.269. The number of hydrogen-bond acceptors (Lipinski definition) is 8. The van der Waals surface area contributed by atoms with Crippen LogP contribution in [-0.4, -0.2) is 94.6 Å². The summed E-state index contributed by atoms with van der Waals surface area (Å²) >= 11 is 0. The summed E-state index contributed by atoms with van der Waals surface area (Å²) < 4.78 is 76.2. The summed E-state index contributed by atoms with van der Waals surface area (Å²) in [6.45, 7) is 3.37. The minimum Gasteiger partial charge on any atom is -0.495 e. The number of fused-ring (bicyclic) bond motifs is 1. The Morgan fingerprint density at radius 3 is 2.59 bits per heavy atom. The summed E-state index contributed by atoms with van der Waals surface area (Å²) in [6.07, 6.45) is -3.10. The Kier molecular flexibility index (Phi) is 10.7. The van der Waals surface area contributed by atoms with Crippen LogP contribution in [0.2, 0.25) is 0 Å². The zero-order valence-corrected chi connectivity index (χ0v) is 26.1. The second-order valence-corrected chi connectivity index (χ2v) is 13.2. The normalized spacial score (nSPS) is 18.5. The maximum Gasteiger partial charge on any atom is 0.406 e. The van der Waals surface area contributed by atoms with E-state index in [2.05, 4.69) is 34.3 Å². The Morgan fingerprint density at radius 1 is 1.16 bits per heavy atom. The van der Waals surface area contributed by atoms with Crippen LogP contribution in [0.4, 0.5) is 24.5 Å². The van der Waals surface area contributed by atoms with E-state index in [-0.39, 0.29) is 35.7 Å². The number of hydrogen-bond donors (Lipinski definition) is 3. The number of benzene rings is 2. The average Bonchev–Trinajstić information content (AvgIpc) is 3.28. The third kappa shape index (κ3) is 8.59. The Morgan fingerprint density at radius 2 is 1.93 bits per heavy atom. The number of sulfone groups is 1. The molecule has 13 heteroatoms. The summed E-state index contributed by atoms with van der Waals surface area (Å²) in [5.74, 6) is 6.32. The van der Waals surface area contributed by atoms with Crippen molar-refractivity contribution in [1.29, 1.82) is 0 Å². The monoisotopic (exact) mass is 636 g/mol. The summed E-state index contributed by atoms with van der Waals surface area (Å²) in [6, 6.07) is 11.4. The molecule has 0 bridgehead atoms. The number of anilines is 2. The molecule has 3 N–H and O–H groups in total. The number of aliphatic hydroxyl groups excluding tert-OH is 1. The van der Waals surface area contributed by atoms with Gasteiger partial charge in [0.2, 0.25) is 0 Å². The molecular weight excluding hydrogens is 597 g/mol. The van der Waals surface area contributed by atoms with Crippen molar-refractivity contribution < 1.29 is 36.2 Å². The lowest BCUT2D eigenvalue weighted by atomic mass is 9.93. The highest BCUT2D eigenvalue weighted by atomic mass is 32.2. The van der Waals surface area contributed by atoms with E-state index in [1.165, 1.54) is 23.8 Å². The van der Waals surface area contributed by atoms with E-state index in [1.807, 2.05) is 6.07 Å². The molecule has 4 rings (SSSR count). The topological polar surface area (TPSA) is 105 Å². The Hall–Kier alpha value is -3.44. The molecule has 44 heavy (non-hydrogen) atoms. The lowest BCUT2D eigenvalue weighted by Gasteiger charge is -2.38. The fourth-order valence-corrected chi connectivity index (χ4v) is 6.18. The molecule has 1 aromatic heterocycles. The zero-order chi connectivity index (χ0) is 32.1. The van der Waals surface area contributed by atoms with Crippen molar-refractivity contribution in [2.45, 2.75) is 43.1 Å². The SMILES string of the molecule is COCC(O)CN1CCC(Nc2cccc3c2cc(C#CCNc2ccc(S(C)(=O)=O)cc2OC)n3CC(F)(F)F)[C@@H](C)C1. The second kappa shape index (κ2) is 14.1. The number of nitrogens with one attached hydrogen (secondary N) is 2. The number of rotatable bonds is 11. The first-order valence-electron chi connectivity index (χ1n) is 14.2. The molecule has 2 unspecified atom stereocenters. The molecule has 0 spiro atoms. The van der Waals surface area contributed by atoms with E-state index >= 15 is 0 Å². The number of alkyl halides is 3. The summed E-state index contributed by atoms with van der Waals surface area (Å²) in [7, 11) is -0.453. The standard InChI is InChI=1S/C31H39F3N4O5S/c1-21-17-37(18-23(39)19-42-2)14-12-26(21)36-27-8-5-9-29-25(27)15-22(38(29)20-31(32,33)34)7-6-13-35-28-11-10-24(44(4,40)41)16-30(28)43-3/h5,8-11,15-16,21,23,26,35-36,39H,12-14,17-20H2,1-4H3/t21-,23?,26?/m0/s1. The predicted molar refractivity (Wildman–Crippen MR) is 165 cm³/mol. The molecule has 0 aliphatic carbocycles. The molecule has 3 aromatic rings. The molecule has 0 radical (unpaired) electrons. The van der Waals surface area contributed by atoms with Gasteiger partial charge in [-0.2, -0.15) is 13.2 Å². The van der Waals surface area contributed by atoms with Gasteiger partial charge < -0.3 is 34.7 Å². The van der Waals surface area contributed by atoms with Gasteiger partial charge in [0, 0.05) is 56.2 Å². The van der Waals surface area contributed by atoms with Gasteiger partial charge in [-0.15, -0.1) is 0 Å². The molecule has 3 atom stereocenters. The average molecular weight is 637 g/mol. The number of β-amino-alcohol motifs (C(OH)–C–C–N with tert-alkyl or cyclic N) is 1. The van der Waals surface area contributed by atoms with Crippen molar-refractivity contribution in [2.75, 3.05) is 63.9 Å². The minimum atomic E-state index is -4.45. The highest BCUT2D eigenvalue weighted by Gasteiger charge is 2.31. The van der Waals surface area contributed by atoms with Gasteiger partial charge in [-0.1, -0.05) is 18.9 Å². The third-order valence-electron chi connectivity index (χ3n) is 7.63. The lowest BCUT2D eigenvalue weighted by molar-refractivity contribution is -0.140. The van der Waals surface area contributed by atoms with Crippen molar-refractivity contribution in [1.82, 2.24) is 9.47 Å². The molecule has 1 fully saturated rings. The van der Waals surface area contributed by atoms with Crippen molar-refractivity contribution in [3.8, 4) is 17.6 Å². The third-order valence-corrected chi connectivity index (χ3v) is 8.74. The predicted octanol–water partition coefficient (Wildman–Crippen LogP) is 4.21. The summed E-state index contributed by atoms with van der Waals surface area (Å²) in [5, 5.41) is 17.4. The molecule has 0 saturated carbocycles. The van der Waals surface area contributed by atoms with Crippen molar-refractivity contribution in [3.63, 3.8) is 0 Å². The van der Waals surface area contributed by atoms with Crippen LogP contribution in [-0.2, 0) is 21.1 Å². The molecule has 1 aliphatic heterocycles. The van der Waals surface area contributed by atoms with Crippen LogP contribution in [0, 0.1) is 17.8 Å². The van der Waals surface area contributed by atoms with E-state index in [1.54, 1.807) is 31.4 Å². The summed E-state index contributed by atoms with van der Waals surface area (Å²) in [5.41, 5.74) is 1.90. The van der Waals surface area contributed by atoms with E-state index in [4.69, 9.17) is 9.47 Å².